The first-order chi connectivity index (χ1) is 7.88. The van der Waals surface area contributed by atoms with Gasteiger partial charge >= 0.3 is 6.09 Å². The van der Waals surface area contributed by atoms with E-state index in [0.29, 0.717) is 19.6 Å². The molecule has 2 N–H and O–H groups in total. The summed E-state index contributed by atoms with van der Waals surface area (Å²) in [5, 5.41) is 5.98. The first-order valence-electron chi connectivity index (χ1n) is 5.89. The number of rotatable bonds is 0. The molecule has 2 amide bonds. The van der Waals surface area contributed by atoms with Crippen molar-refractivity contribution in [2.24, 2.45) is 0 Å². The summed E-state index contributed by atoms with van der Waals surface area (Å²) >= 11 is 0. The molecule has 2 aliphatic rings. The summed E-state index contributed by atoms with van der Waals surface area (Å²) < 4.78 is 5.31. The van der Waals surface area contributed by atoms with Crippen LogP contribution in [-0.4, -0.2) is 54.2 Å². The molecule has 0 radical (unpaired) electrons. The molecule has 2 saturated heterocycles. The summed E-state index contributed by atoms with van der Waals surface area (Å²) in [4.78, 5) is 25.2. The number of amides is 2. The van der Waals surface area contributed by atoms with Crippen molar-refractivity contribution in [3.63, 3.8) is 0 Å². The van der Waals surface area contributed by atoms with E-state index in [1.807, 2.05) is 20.8 Å². The fourth-order valence-electron chi connectivity index (χ4n) is 2.19. The van der Waals surface area contributed by atoms with Gasteiger partial charge in [0.1, 0.15) is 11.6 Å². The molecule has 17 heavy (non-hydrogen) atoms. The minimum atomic E-state index is -0.535. The summed E-state index contributed by atoms with van der Waals surface area (Å²) in [6.07, 6.45) is -0.411. The molecular formula is C11H19N3O3. The molecule has 0 aliphatic carbocycles. The van der Waals surface area contributed by atoms with E-state index in [1.54, 1.807) is 0 Å². The molecule has 2 atom stereocenters. The average molecular weight is 241 g/mol. The van der Waals surface area contributed by atoms with E-state index in [-0.39, 0.29) is 11.9 Å². The van der Waals surface area contributed by atoms with Crippen LogP contribution in [0.25, 0.3) is 0 Å². The highest BCUT2D eigenvalue weighted by molar-refractivity contribution is 5.89. The maximum absolute atomic E-state index is 12.0. The summed E-state index contributed by atoms with van der Waals surface area (Å²) in [6.45, 7) is 7.22. The van der Waals surface area contributed by atoms with Crippen LogP contribution >= 0.6 is 0 Å². The van der Waals surface area contributed by atoms with Crippen molar-refractivity contribution in [2.75, 3.05) is 19.6 Å². The molecule has 0 bridgehead atoms. The Kier molecular flexibility index (Phi) is 2.99. The third kappa shape index (κ3) is 2.52. The Morgan fingerprint density at radius 3 is 2.82 bits per heavy atom. The van der Waals surface area contributed by atoms with Gasteiger partial charge in [-0.1, -0.05) is 0 Å². The van der Waals surface area contributed by atoms with Crippen molar-refractivity contribution in [1.29, 1.82) is 0 Å². The lowest BCUT2D eigenvalue weighted by Crippen LogP contribution is -2.60. The highest BCUT2D eigenvalue weighted by Gasteiger charge is 2.44. The van der Waals surface area contributed by atoms with Crippen LogP contribution in [0.5, 0.6) is 0 Å². The second kappa shape index (κ2) is 4.18. The molecular weight excluding hydrogens is 222 g/mol. The first-order valence-corrected chi connectivity index (χ1v) is 5.89. The highest BCUT2D eigenvalue weighted by atomic mass is 16.6. The topological polar surface area (TPSA) is 70.7 Å². The highest BCUT2D eigenvalue weighted by Crippen LogP contribution is 2.18. The number of carbonyl (C=O) groups is 2. The van der Waals surface area contributed by atoms with Crippen LogP contribution in [0, 0.1) is 0 Å². The van der Waals surface area contributed by atoms with Gasteiger partial charge in [0.05, 0.1) is 6.04 Å². The van der Waals surface area contributed by atoms with Crippen molar-refractivity contribution in [3.8, 4) is 0 Å². The number of hydrogen-bond acceptors (Lipinski definition) is 4. The van der Waals surface area contributed by atoms with Gasteiger partial charge in [-0.3, -0.25) is 9.69 Å². The Labute approximate surface area is 101 Å². The quantitative estimate of drug-likeness (QED) is 0.610. The Morgan fingerprint density at radius 1 is 1.47 bits per heavy atom. The van der Waals surface area contributed by atoms with Gasteiger partial charge in [-0.25, -0.2) is 4.79 Å². The number of nitrogens with one attached hydrogen (secondary N) is 2. The van der Waals surface area contributed by atoms with Crippen molar-refractivity contribution in [3.05, 3.63) is 0 Å². The van der Waals surface area contributed by atoms with Gasteiger partial charge in [0, 0.05) is 19.6 Å². The van der Waals surface area contributed by atoms with E-state index < -0.39 is 17.7 Å². The Balaban J connectivity index is 2.09. The van der Waals surface area contributed by atoms with Crippen molar-refractivity contribution >= 4 is 12.0 Å². The molecule has 2 aliphatic heterocycles. The summed E-state index contributed by atoms with van der Waals surface area (Å²) in [7, 11) is 0. The third-order valence-corrected chi connectivity index (χ3v) is 2.87. The zero-order valence-corrected chi connectivity index (χ0v) is 10.4. The standard InChI is InChI=1S/C11H19N3O3/c1-11(2,3)17-10(16)14-5-4-12-7-6-13-9(15)8(7)14/h7-8,12H,4-6H2,1-3H3,(H,13,15). The zero-order valence-electron chi connectivity index (χ0n) is 10.4. The molecule has 0 aromatic heterocycles. The van der Waals surface area contributed by atoms with Crippen LogP contribution in [0.3, 0.4) is 0 Å². The molecule has 2 fully saturated rings. The van der Waals surface area contributed by atoms with Crippen LogP contribution in [0.4, 0.5) is 4.79 Å². The Morgan fingerprint density at radius 2 is 2.18 bits per heavy atom. The predicted molar refractivity (Wildman–Crippen MR) is 61.5 cm³/mol. The van der Waals surface area contributed by atoms with Gasteiger partial charge in [-0.2, -0.15) is 0 Å². The first kappa shape index (κ1) is 12.2. The van der Waals surface area contributed by atoms with Crippen molar-refractivity contribution in [2.45, 2.75) is 38.5 Å². The lowest BCUT2D eigenvalue weighted by molar-refractivity contribution is -0.124. The SMILES string of the molecule is CC(C)(C)OC(=O)N1CCNC2CNC(=O)C21. The molecule has 2 heterocycles. The van der Waals surface area contributed by atoms with Gasteiger partial charge < -0.3 is 15.4 Å². The second-order valence-corrected chi connectivity index (χ2v) is 5.42. The van der Waals surface area contributed by atoms with Gasteiger partial charge in [0.25, 0.3) is 0 Å². The van der Waals surface area contributed by atoms with E-state index in [9.17, 15) is 9.59 Å². The van der Waals surface area contributed by atoms with Gasteiger partial charge in [0.15, 0.2) is 0 Å². The van der Waals surface area contributed by atoms with Gasteiger partial charge in [-0.15, -0.1) is 0 Å². The van der Waals surface area contributed by atoms with Crippen LogP contribution in [-0.2, 0) is 9.53 Å². The number of nitrogens with zero attached hydrogens (tertiary/aromatic N) is 1. The Hall–Kier alpha value is -1.30. The second-order valence-electron chi connectivity index (χ2n) is 5.42. The smallest absolute Gasteiger partial charge is 0.411 e. The average Bonchev–Trinajstić information content (AvgIpc) is 2.58. The molecule has 6 heteroatoms. The van der Waals surface area contributed by atoms with E-state index in [4.69, 9.17) is 4.74 Å². The van der Waals surface area contributed by atoms with Crippen LogP contribution in [0.2, 0.25) is 0 Å². The predicted octanol–water partition coefficient (Wildman–Crippen LogP) is -0.306. The largest absolute Gasteiger partial charge is 0.444 e. The molecule has 0 spiro atoms. The third-order valence-electron chi connectivity index (χ3n) is 2.87. The minimum absolute atomic E-state index is 0.00349. The fourth-order valence-corrected chi connectivity index (χ4v) is 2.19. The molecule has 0 aromatic rings. The lowest BCUT2D eigenvalue weighted by atomic mass is 10.1. The molecule has 2 rings (SSSR count). The molecule has 0 aromatic carbocycles. The number of fused-ring (bicyclic) bond motifs is 1. The summed E-state index contributed by atoms with van der Waals surface area (Å²) in [5.74, 6) is -0.104. The number of carbonyl (C=O) groups excluding carboxylic acids is 2. The normalized spacial score (nSPS) is 28.6. The molecule has 0 saturated carbocycles. The molecule has 2 unspecified atom stereocenters. The van der Waals surface area contributed by atoms with Crippen LogP contribution < -0.4 is 10.6 Å². The van der Waals surface area contributed by atoms with Crippen molar-refractivity contribution < 1.29 is 14.3 Å². The number of piperazine rings is 1. The fraction of sp³-hybridized carbons (Fsp3) is 0.818. The van der Waals surface area contributed by atoms with Crippen LogP contribution in [0.15, 0.2) is 0 Å². The van der Waals surface area contributed by atoms with E-state index in [2.05, 4.69) is 10.6 Å². The van der Waals surface area contributed by atoms with E-state index in [1.165, 1.54) is 4.90 Å². The number of ether oxygens (including phenoxy) is 1. The van der Waals surface area contributed by atoms with E-state index in [0.717, 1.165) is 0 Å². The van der Waals surface area contributed by atoms with Crippen LogP contribution in [0.1, 0.15) is 20.8 Å². The maximum Gasteiger partial charge on any atom is 0.411 e. The Bertz CT molecular complexity index is 337. The minimum Gasteiger partial charge on any atom is -0.444 e. The zero-order chi connectivity index (χ0) is 12.6. The lowest BCUT2D eigenvalue weighted by Gasteiger charge is -2.36. The van der Waals surface area contributed by atoms with Gasteiger partial charge in [-0.05, 0) is 20.8 Å². The van der Waals surface area contributed by atoms with Gasteiger partial charge in [0.2, 0.25) is 5.91 Å². The molecule has 6 nitrogen and oxygen atoms in total. The summed E-state index contributed by atoms with van der Waals surface area (Å²) in [5.41, 5.74) is -0.535. The molecule has 96 valence electrons. The van der Waals surface area contributed by atoms with E-state index >= 15 is 0 Å². The monoisotopic (exact) mass is 241 g/mol. The summed E-state index contributed by atoms with van der Waals surface area (Å²) in [6, 6.07) is -0.428. The number of hydrogen-bond donors (Lipinski definition) is 2. The van der Waals surface area contributed by atoms with Crippen molar-refractivity contribution in [1.82, 2.24) is 15.5 Å². The maximum atomic E-state index is 12.0.